The molecule has 16 heavy (non-hydrogen) atoms. The van der Waals surface area contributed by atoms with Gasteiger partial charge in [0.15, 0.2) is 0 Å². The van der Waals surface area contributed by atoms with Gasteiger partial charge in [0.2, 0.25) is 5.88 Å². The van der Waals surface area contributed by atoms with Crippen molar-refractivity contribution in [3.8, 4) is 5.88 Å². The number of hydrogen-bond donors (Lipinski definition) is 1. The summed E-state index contributed by atoms with van der Waals surface area (Å²) in [5.74, 6) is -0.565. The third-order valence-corrected chi connectivity index (χ3v) is 3.42. The lowest BCUT2D eigenvalue weighted by molar-refractivity contribution is -0.139. The molecule has 1 saturated carbocycles. The van der Waals surface area contributed by atoms with Crippen LogP contribution < -0.4 is 4.74 Å². The second kappa shape index (κ2) is 3.47. The molecule has 2 atom stereocenters. The number of carbonyl (C=O) groups is 1. The fourth-order valence-corrected chi connectivity index (χ4v) is 2.49. The van der Waals surface area contributed by atoms with E-state index in [0.717, 1.165) is 5.56 Å². The number of nitrogens with zero attached hydrogens (tertiary/aromatic N) is 1. The monoisotopic (exact) mass is 221 g/mol. The van der Waals surface area contributed by atoms with Crippen molar-refractivity contribution in [3.63, 3.8) is 0 Å². The molecule has 0 bridgehead atoms. The van der Waals surface area contributed by atoms with Gasteiger partial charge in [-0.1, -0.05) is 19.9 Å². The zero-order valence-corrected chi connectivity index (χ0v) is 9.60. The minimum Gasteiger partial charge on any atom is -0.481 e. The van der Waals surface area contributed by atoms with E-state index in [0.29, 0.717) is 5.88 Å². The molecular formula is C12H15NO3. The Morgan fingerprint density at radius 2 is 2.25 bits per heavy atom. The summed E-state index contributed by atoms with van der Waals surface area (Å²) in [5, 5.41) is 9.12. The van der Waals surface area contributed by atoms with E-state index < -0.39 is 5.97 Å². The summed E-state index contributed by atoms with van der Waals surface area (Å²) in [4.78, 5) is 15.2. The lowest BCUT2D eigenvalue weighted by Gasteiger charge is -2.07. The number of hydrogen-bond acceptors (Lipinski definition) is 3. The third-order valence-electron chi connectivity index (χ3n) is 3.42. The third kappa shape index (κ3) is 1.45. The predicted octanol–water partition coefficient (Wildman–Crippen LogP) is 1.91. The lowest BCUT2D eigenvalue weighted by Crippen LogP contribution is -2.03. The number of carboxylic acids is 1. The predicted molar refractivity (Wildman–Crippen MR) is 58.4 cm³/mol. The van der Waals surface area contributed by atoms with Gasteiger partial charge in [0.05, 0.1) is 13.0 Å². The maximum atomic E-state index is 11.1. The Bertz CT molecular complexity index is 428. The summed E-state index contributed by atoms with van der Waals surface area (Å²) in [6.45, 7) is 3.92. The first kappa shape index (κ1) is 10.9. The highest BCUT2D eigenvalue weighted by Gasteiger charge is 2.63. The van der Waals surface area contributed by atoms with Crippen LogP contribution in [0, 0.1) is 11.3 Å². The van der Waals surface area contributed by atoms with Crippen molar-refractivity contribution in [2.45, 2.75) is 19.8 Å². The fourth-order valence-electron chi connectivity index (χ4n) is 2.49. The Labute approximate surface area is 94.3 Å². The van der Waals surface area contributed by atoms with Gasteiger partial charge in [-0.2, -0.15) is 0 Å². The maximum absolute atomic E-state index is 11.1. The van der Waals surface area contributed by atoms with Crippen LogP contribution in [0.5, 0.6) is 5.88 Å². The van der Waals surface area contributed by atoms with E-state index in [2.05, 4.69) is 4.98 Å². The highest BCUT2D eigenvalue weighted by molar-refractivity contribution is 5.77. The molecule has 0 aromatic carbocycles. The molecule has 1 N–H and O–H groups in total. The van der Waals surface area contributed by atoms with Crippen LogP contribution in [-0.4, -0.2) is 23.2 Å². The van der Waals surface area contributed by atoms with Crippen molar-refractivity contribution in [1.29, 1.82) is 0 Å². The van der Waals surface area contributed by atoms with Crippen molar-refractivity contribution in [2.75, 3.05) is 7.11 Å². The first-order valence-corrected chi connectivity index (χ1v) is 5.22. The first-order valence-electron chi connectivity index (χ1n) is 5.22. The van der Waals surface area contributed by atoms with Crippen LogP contribution in [0.15, 0.2) is 18.3 Å². The summed E-state index contributed by atoms with van der Waals surface area (Å²) >= 11 is 0. The molecule has 0 saturated heterocycles. The lowest BCUT2D eigenvalue weighted by atomic mass is 10.0. The number of ether oxygens (including phenoxy) is 1. The van der Waals surface area contributed by atoms with Crippen molar-refractivity contribution in [3.05, 3.63) is 23.9 Å². The molecule has 1 aliphatic carbocycles. The molecule has 4 nitrogen and oxygen atoms in total. The average Bonchev–Trinajstić information content (AvgIpc) is 2.81. The molecule has 1 fully saturated rings. The van der Waals surface area contributed by atoms with Gasteiger partial charge in [0.1, 0.15) is 0 Å². The molecule has 1 heterocycles. The van der Waals surface area contributed by atoms with Crippen molar-refractivity contribution in [1.82, 2.24) is 4.98 Å². The maximum Gasteiger partial charge on any atom is 0.307 e. The molecule has 1 aromatic rings. The molecule has 0 radical (unpaired) electrons. The van der Waals surface area contributed by atoms with Gasteiger partial charge in [-0.05, 0) is 11.5 Å². The van der Waals surface area contributed by atoms with E-state index >= 15 is 0 Å². The SMILES string of the molecule is COc1ncccc1[C@H]1[C@H](C(=O)O)C1(C)C. The number of rotatable bonds is 3. The Kier molecular flexibility index (Phi) is 2.37. The molecule has 2 rings (SSSR count). The molecule has 1 aliphatic rings. The zero-order valence-electron chi connectivity index (χ0n) is 9.60. The van der Waals surface area contributed by atoms with Gasteiger partial charge in [0.25, 0.3) is 0 Å². The minimum absolute atomic E-state index is 0.00588. The summed E-state index contributed by atoms with van der Waals surface area (Å²) < 4.78 is 5.16. The van der Waals surface area contributed by atoms with Gasteiger partial charge in [-0.3, -0.25) is 4.79 Å². The normalized spacial score (nSPS) is 26.2. The molecule has 0 aliphatic heterocycles. The van der Waals surface area contributed by atoms with Crippen LogP contribution in [0.1, 0.15) is 25.3 Å². The van der Waals surface area contributed by atoms with Gasteiger partial charge in [0, 0.05) is 17.7 Å². The van der Waals surface area contributed by atoms with Crippen molar-refractivity contribution < 1.29 is 14.6 Å². The van der Waals surface area contributed by atoms with Gasteiger partial charge >= 0.3 is 5.97 Å². The molecule has 86 valence electrons. The highest BCUT2D eigenvalue weighted by Crippen LogP contribution is 2.65. The van der Waals surface area contributed by atoms with Crippen LogP contribution in [0.25, 0.3) is 0 Å². The van der Waals surface area contributed by atoms with Crippen LogP contribution in [0.3, 0.4) is 0 Å². The molecule has 0 unspecified atom stereocenters. The first-order chi connectivity index (χ1) is 7.50. The summed E-state index contributed by atoms with van der Waals surface area (Å²) in [7, 11) is 1.55. The molecule has 4 heteroatoms. The Morgan fingerprint density at radius 3 is 2.75 bits per heavy atom. The fraction of sp³-hybridized carbons (Fsp3) is 0.500. The number of methoxy groups -OCH3 is 1. The van der Waals surface area contributed by atoms with Gasteiger partial charge in [-0.25, -0.2) is 4.98 Å². The average molecular weight is 221 g/mol. The van der Waals surface area contributed by atoms with E-state index in [9.17, 15) is 4.79 Å². The summed E-state index contributed by atoms with van der Waals surface area (Å²) in [5.41, 5.74) is 0.671. The second-order valence-corrected chi connectivity index (χ2v) is 4.72. The van der Waals surface area contributed by atoms with Crippen LogP contribution in [0.2, 0.25) is 0 Å². The Balaban J connectivity index is 2.37. The molecule has 1 aromatic heterocycles. The molecular weight excluding hydrogens is 206 g/mol. The van der Waals surface area contributed by atoms with Gasteiger partial charge < -0.3 is 9.84 Å². The van der Waals surface area contributed by atoms with E-state index in [1.165, 1.54) is 0 Å². The van der Waals surface area contributed by atoms with E-state index in [1.54, 1.807) is 13.3 Å². The standard InChI is InChI=1S/C12H15NO3/c1-12(2)8(9(12)11(14)15)7-5-4-6-13-10(7)16-3/h4-6,8-9H,1-3H3,(H,14,15)/t8-,9+/m0/s1. The van der Waals surface area contributed by atoms with Crippen LogP contribution in [0.4, 0.5) is 0 Å². The van der Waals surface area contributed by atoms with Crippen LogP contribution in [-0.2, 0) is 4.79 Å². The Hall–Kier alpha value is -1.58. The number of aromatic nitrogens is 1. The summed E-state index contributed by atoms with van der Waals surface area (Å²) in [6, 6.07) is 3.70. The van der Waals surface area contributed by atoms with E-state index in [-0.39, 0.29) is 17.3 Å². The van der Waals surface area contributed by atoms with Gasteiger partial charge in [-0.15, -0.1) is 0 Å². The quantitative estimate of drug-likeness (QED) is 0.847. The van der Waals surface area contributed by atoms with Crippen molar-refractivity contribution in [2.24, 2.45) is 11.3 Å². The van der Waals surface area contributed by atoms with Crippen molar-refractivity contribution >= 4 is 5.97 Å². The second-order valence-electron chi connectivity index (χ2n) is 4.72. The van der Waals surface area contributed by atoms with Crippen LogP contribution >= 0.6 is 0 Å². The Morgan fingerprint density at radius 1 is 1.56 bits per heavy atom. The summed E-state index contributed by atoms with van der Waals surface area (Å²) in [6.07, 6.45) is 1.65. The molecule has 0 amide bonds. The molecule has 0 spiro atoms. The zero-order chi connectivity index (χ0) is 11.9. The largest absolute Gasteiger partial charge is 0.481 e. The number of aliphatic carboxylic acids is 1. The number of pyridine rings is 1. The highest BCUT2D eigenvalue weighted by atomic mass is 16.5. The van der Waals surface area contributed by atoms with E-state index in [1.807, 2.05) is 26.0 Å². The smallest absolute Gasteiger partial charge is 0.307 e. The number of carboxylic acid groups (broad SMARTS) is 1. The van der Waals surface area contributed by atoms with E-state index in [4.69, 9.17) is 9.84 Å². The topological polar surface area (TPSA) is 59.4 Å². The minimum atomic E-state index is -0.749.